The van der Waals surface area contributed by atoms with Crippen LogP contribution in [0.2, 0.25) is 0 Å². The Bertz CT molecular complexity index is 565. The van der Waals surface area contributed by atoms with Crippen LogP contribution in [0.4, 0.5) is 0 Å². The van der Waals surface area contributed by atoms with Crippen LogP contribution in [0.3, 0.4) is 0 Å². The van der Waals surface area contributed by atoms with E-state index >= 15 is 0 Å². The van der Waals surface area contributed by atoms with Crippen LogP contribution < -0.4 is 5.56 Å². The van der Waals surface area contributed by atoms with Crippen molar-refractivity contribution >= 4 is 17.7 Å². The van der Waals surface area contributed by atoms with Gasteiger partial charge in [-0.05, 0) is 32.1 Å². The predicted octanol–water partition coefficient (Wildman–Crippen LogP) is 2.46. The van der Waals surface area contributed by atoms with E-state index in [1.807, 2.05) is 11.8 Å². The van der Waals surface area contributed by atoms with Crippen molar-refractivity contribution in [2.75, 3.05) is 13.1 Å². The number of nitrogens with one attached hydrogen (secondary N) is 1. The predicted molar refractivity (Wildman–Crippen MR) is 89.1 cm³/mol. The smallest absolute Gasteiger partial charge is 0.251 e. The molecule has 1 saturated heterocycles. The number of aromatic amines is 1. The van der Waals surface area contributed by atoms with Gasteiger partial charge >= 0.3 is 0 Å². The van der Waals surface area contributed by atoms with Gasteiger partial charge in [-0.25, -0.2) is 4.98 Å². The highest BCUT2D eigenvalue weighted by molar-refractivity contribution is 8.00. The molecule has 6 heteroatoms. The highest BCUT2D eigenvalue weighted by atomic mass is 32.2. The number of hydrogen-bond acceptors (Lipinski definition) is 4. The van der Waals surface area contributed by atoms with Gasteiger partial charge in [-0.15, -0.1) is 0 Å². The molecule has 0 radical (unpaired) electrons. The lowest BCUT2D eigenvalue weighted by atomic mass is 9.99. The van der Waals surface area contributed by atoms with E-state index in [2.05, 4.69) is 23.8 Å². The standard InChI is InChI=1S/C16H25N3O2S/c1-4-5-13-10-14(20)18-16(17-13)22-12(3)15(21)19-8-6-11(2)7-9-19/h10-12H,4-9H2,1-3H3,(H,17,18,20)/t12-/m1/s1. The first-order valence-electron chi connectivity index (χ1n) is 8.05. The van der Waals surface area contributed by atoms with Crippen molar-refractivity contribution in [3.63, 3.8) is 0 Å². The second-order valence-electron chi connectivity index (χ2n) is 6.06. The number of carbonyl (C=O) groups is 1. The molecule has 1 aliphatic heterocycles. The van der Waals surface area contributed by atoms with E-state index in [9.17, 15) is 9.59 Å². The second kappa shape index (κ2) is 7.81. The van der Waals surface area contributed by atoms with Crippen LogP contribution in [-0.4, -0.2) is 39.1 Å². The van der Waals surface area contributed by atoms with Gasteiger partial charge in [-0.1, -0.05) is 32.0 Å². The summed E-state index contributed by atoms with van der Waals surface area (Å²) < 4.78 is 0. The van der Waals surface area contributed by atoms with Crippen LogP contribution in [0, 0.1) is 5.92 Å². The zero-order chi connectivity index (χ0) is 16.1. The van der Waals surface area contributed by atoms with Gasteiger partial charge in [0.15, 0.2) is 5.16 Å². The molecule has 1 atom stereocenters. The maximum Gasteiger partial charge on any atom is 0.251 e. The molecule has 1 fully saturated rings. The van der Waals surface area contributed by atoms with Crippen LogP contribution in [0.1, 0.15) is 45.7 Å². The topological polar surface area (TPSA) is 66.1 Å². The van der Waals surface area contributed by atoms with Crippen molar-refractivity contribution in [3.05, 3.63) is 22.1 Å². The molecule has 0 spiro atoms. The first kappa shape index (κ1) is 17.1. The molecule has 0 aliphatic carbocycles. The van der Waals surface area contributed by atoms with Gasteiger partial charge in [0.05, 0.1) is 5.25 Å². The second-order valence-corrected chi connectivity index (χ2v) is 7.39. The minimum Gasteiger partial charge on any atom is -0.342 e. The van der Waals surface area contributed by atoms with Gasteiger partial charge in [-0.3, -0.25) is 9.59 Å². The minimum atomic E-state index is -0.228. The first-order valence-corrected chi connectivity index (χ1v) is 8.93. The Labute approximate surface area is 135 Å². The van der Waals surface area contributed by atoms with Crippen LogP contribution in [-0.2, 0) is 11.2 Å². The van der Waals surface area contributed by atoms with Gasteiger partial charge in [0, 0.05) is 24.8 Å². The Hall–Kier alpha value is -1.30. The normalized spacial score (nSPS) is 17.5. The molecule has 122 valence electrons. The fraction of sp³-hybridized carbons (Fsp3) is 0.688. The van der Waals surface area contributed by atoms with Gasteiger partial charge in [0.25, 0.3) is 5.56 Å². The summed E-state index contributed by atoms with van der Waals surface area (Å²) in [6.07, 6.45) is 3.87. The molecular formula is C16H25N3O2S. The molecule has 2 rings (SSSR count). The van der Waals surface area contributed by atoms with Crippen LogP contribution >= 0.6 is 11.8 Å². The minimum absolute atomic E-state index is 0.139. The van der Waals surface area contributed by atoms with E-state index in [-0.39, 0.29) is 16.7 Å². The van der Waals surface area contributed by atoms with Gasteiger partial charge in [0.2, 0.25) is 5.91 Å². The number of nitrogens with zero attached hydrogens (tertiary/aromatic N) is 2. The Morgan fingerprint density at radius 1 is 1.50 bits per heavy atom. The van der Waals surface area contributed by atoms with Crippen LogP contribution in [0.15, 0.2) is 16.0 Å². The van der Waals surface area contributed by atoms with E-state index in [0.717, 1.165) is 44.5 Å². The third-order valence-electron chi connectivity index (χ3n) is 4.01. The van der Waals surface area contributed by atoms with Gasteiger partial charge < -0.3 is 9.88 Å². The summed E-state index contributed by atoms with van der Waals surface area (Å²) in [5.41, 5.74) is 0.646. The van der Waals surface area contributed by atoms with E-state index < -0.39 is 0 Å². The molecular weight excluding hydrogens is 298 g/mol. The molecule has 2 heterocycles. The molecule has 1 aromatic rings. The molecule has 1 aliphatic rings. The molecule has 22 heavy (non-hydrogen) atoms. The average Bonchev–Trinajstić information content (AvgIpc) is 2.47. The molecule has 1 amide bonds. The Kier molecular flexibility index (Phi) is 6.06. The number of thioether (sulfide) groups is 1. The zero-order valence-electron chi connectivity index (χ0n) is 13.6. The molecule has 0 unspecified atom stereocenters. The van der Waals surface area contributed by atoms with Crippen LogP contribution in [0.5, 0.6) is 0 Å². The SMILES string of the molecule is CCCc1cc(=O)[nH]c(S[C@H](C)C(=O)N2CCC(C)CC2)n1. The summed E-state index contributed by atoms with van der Waals surface area (Å²) in [5, 5.41) is 0.315. The number of likely N-dealkylation sites (tertiary alicyclic amines) is 1. The highest BCUT2D eigenvalue weighted by Crippen LogP contribution is 2.23. The zero-order valence-corrected chi connectivity index (χ0v) is 14.4. The lowest BCUT2D eigenvalue weighted by molar-refractivity contribution is -0.131. The highest BCUT2D eigenvalue weighted by Gasteiger charge is 2.25. The molecule has 5 nitrogen and oxygen atoms in total. The molecule has 1 aromatic heterocycles. The summed E-state index contributed by atoms with van der Waals surface area (Å²) in [7, 11) is 0. The number of rotatable bonds is 5. The lowest BCUT2D eigenvalue weighted by Crippen LogP contribution is -2.41. The van der Waals surface area contributed by atoms with E-state index in [0.29, 0.717) is 11.1 Å². The third-order valence-corrected chi connectivity index (χ3v) is 4.98. The van der Waals surface area contributed by atoms with Crippen molar-refractivity contribution in [2.24, 2.45) is 5.92 Å². The van der Waals surface area contributed by atoms with Crippen molar-refractivity contribution < 1.29 is 4.79 Å². The Balaban J connectivity index is 2.00. The quantitative estimate of drug-likeness (QED) is 0.668. The fourth-order valence-electron chi connectivity index (χ4n) is 2.63. The molecule has 0 saturated carbocycles. The number of piperidine rings is 1. The van der Waals surface area contributed by atoms with Crippen molar-refractivity contribution in [1.82, 2.24) is 14.9 Å². The van der Waals surface area contributed by atoms with Gasteiger partial charge in [-0.2, -0.15) is 0 Å². The lowest BCUT2D eigenvalue weighted by Gasteiger charge is -2.31. The van der Waals surface area contributed by atoms with Crippen molar-refractivity contribution in [3.8, 4) is 0 Å². The monoisotopic (exact) mass is 323 g/mol. The number of H-pyrrole nitrogens is 1. The summed E-state index contributed by atoms with van der Waals surface area (Å²) in [6, 6.07) is 1.53. The maximum absolute atomic E-state index is 12.5. The Morgan fingerprint density at radius 2 is 2.18 bits per heavy atom. The summed E-state index contributed by atoms with van der Waals surface area (Å²) in [6.45, 7) is 7.85. The van der Waals surface area contributed by atoms with Crippen molar-refractivity contribution in [1.29, 1.82) is 0 Å². The molecule has 0 aromatic carbocycles. The molecule has 0 bridgehead atoms. The van der Waals surface area contributed by atoms with Crippen molar-refractivity contribution in [2.45, 2.75) is 56.9 Å². The number of aromatic nitrogens is 2. The van der Waals surface area contributed by atoms with Gasteiger partial charge in [0.1, 0.15) is 0 Å². The summed E-state index contributed by atoms with van der Waals surface area (Å²) in [4.78, 5) is 33.3. The first-order chi connectivity index (χ1) is 10.5. The maximum atomic E-state index is 12.5. The number of hydrogen-bond donors (Lipinski definition) is 1. The average molecular weight is 323 g/mol. The van der Waals surface area contributed by atoms with E-state index in [1.165, 1.54) is 17.8 Å². The number of aryl methyl sites for hydroxylation is 1. The summed E-state index contributed by atoms with van der Waals surface area (Å²) in [5.74, 6) is 0.844. The fourth-order valence-corrected chi connectivity index (χ4v) is 3.54. The number of amides is 1. The van der Waals surface area contributed by atoms with E-state index in [1.54, 1.807) is 0 Å². The van der Waals surface area contributed by atoms with Crippen LogP contribution in [0.25, 0.3) is 0 Å². The summed E-state index contributed by atoms with van der Waals surface area (Å²) >= 11 is 1.34. The third kappa shape index (κ3) is 4.60. The van der Waals surface area contributed by atoms with E-state index in [4.69, 9.17) is 0 Å². The number of carbonyl (C=O) groups excluding carboxylic acids is 1. The largest absolute Gasteiger partial charge is 0.342 e. The Morgan fingerprint density at radius 3 is 2.82 bits per heavy atom. The molecule has 1 N–H and O–H groups in total.